The van der Waals surface area contributed by atoms with Crippen molar-refractivity contribution in [2.24, 2.45) is 0 Å². The lowest BCUT2D eigenvalue weighted by Gasteiger charge is -2.02. The van der Waals surface area contributed by atoms with E-state index in [0.29, 0.717) is 0 Å². The molecule has 4 heteroatoms. The standard InChI is InChI=1S/C9H8F2O2/c1-2-13-9(12)7-5-6(10)3-4-8(7)11/h3-5H,2H2,1H3. The molecule has 1 rings (SSSR count). The number of esters is 1. The van der Waals surface area contributed by atoms with Gasteiger partial charge >= 0.3 is 5.97 Å². The minimum Gasteiger partial charge on any atom is -0.462 e. The lowest BCUT2D eigenvalue weighted by atomic mass is 10.2. The summed E-state index contributed by atoms with van der Waals surface area (Å²) in [5.41, 5.74) is -0.373. The summed E-state index contributed by atoms with van der Waals surface area (Å²) in [5.74, 6) is -2.29. The van der Waals surface area contributed by atoms with Gasteiger partial charge in [-0.2, -0.15) is 0 Å². The van der Waals surface area contributed by atoms with Gasteiger partial charge in [0.25, 0.3) is 0 Å². The highest BCUT2D eigenvalue weighted by atomic mass is 19.1. The zero-order chi connectivity index (χ0) is 9.84. The highest BCUT2D eigenvalue weighted by Gasteiger charge is 2.12. The van der Waals surface area contributed by atoms with Crippen LogP contribution < -0.4 is 0 Å². The first-order valence-corrected chi connectivity index (χ1v) is 3.77. The largest absolute Gasteiger partial charge is 0.462 e. The molecule has 0 atom stereocenters. The van der Waals surface area contributed by atoms with Gasteiger partial charge in [0.2, 0.25) is 0 Å². The summed E-state index contributed by atoms with van der Waals surface area (Å²) < 4.78 is 30.0. The average Bonchev–Trinajstić information content (AvgIpc) is 2.09. The molecular formula is C9H8F2O2. The Morgan fingerprint density at radius 1 is 1.46 bits per heavy atom. The first-order chi connectivity index (χ1) is 6.15. The smallest absolute Gasteiger partial charge is 0.341 e. The number of carbonyl (C=O) groups is 1. The van der Waals surface area contributed by atoms with E-state index >= 15 is 0 Å². The fourth-order valence-electron chi connectivity index (χ4n) is 0.863. The van der Waals surface area contributed by atoms with Gasteiger partial charge in [-0.25, -0.2) is 13.6 Å². The van der Waals surface area contributed by atoms with Crippen molar-refractivity contribution in [3.8, 4) is 0 Å². The predicted molar refractivity (Wildman–Crippen MR) is 42.3 cm³/mol. The molecule has 0 N–H and O–H groups in total. The van der Waals surface area contributed by atoms with Crippen LogP contribution in [0.4, 0.5) is 8.78 Å². The molecule has 1 aromatic carbocycles. The second-order valence-corrected chi connectivity index (χ2v) is 2.34. The first kappa shape index (κ1) is 9.64. The van der Waals surface area contributed by atoms with Gasteiger partial charge in [0.15, 0.2) is 0 Å². The van der Waals surface area contributed by atoms with Crippen LogP contribution in [0, 0.1) is 11.6 Å². The van der Waals surface area contributed by atoms with Crippen molar-refractivity contribution < 1.29 is 18.3 Å². The molecule has 1 aromatic rings. The third kappa shape index (κ3) is 2.24. The fourth-order valence-corrected chi connectivity index (χ4v) is 0.863. The number of ether oxygens (including phenoxy) is 1. The van der Waals surface area contributed by atoms with E-state index < -0.39 is 17.6 Å². The van der Waals surface area contributed by atoms with Gasteiger partial charge in [-0.05, 0) is 25.1 Å². The van der Waals surface area contributed by atoms with Gasteiger partial charge in [-0.3, -0.25) is 0 Å². The van der Waals surface area contributed by atoms with Crippen LogP contribution >= 0.6 is 0 Å². The molecule has 0 saturated carbocycles. The molecule has 0 aliphatic heterocycles. The summed E-state index contributed by atoms with van der Waals surface area (Å²) in [5, 5.41) is 0. The van der Waals surface area contributed by atoms with Crippen molar-refractivity contribution >= 4 is 5.97 Å². The minimum absolute atomic E-state index is 0.134. The number of carbonyl (C=O) groups excluding carboxylic acids is 1. The number of hydrogen-bond acceptors (Lipinski definition) is 2. The molecule has 0 spiro atoms. The number of halogens is 2. The maximum Gasteiger partial charge on any atom is 0.341 e. The summed E-state index contributed by atoms with van der Waals surface area (Å²) in [6, 6.07) is 2.65. The van der Waals surface area contributed by atoms with Crippen LogP contribution in [0.5, 0.6) is 0 Å². The highest BCUT2D eigenvalue weighted by Crippen LogP contribution is 2.10. The van der Waals surface area contributed by atoms with E-state index in [1.165, 1.54) is 0 Å². The Bertz CT molecular complexity index is 323. The van der Waals surface area contributed by atoms with E-state index in [2.05, 4.69) is 4.74 Å². The average molecular weight is 186 g/mol. The molecule has 0 heterocycles. The maximum absolute atomic E-state index is 12.9. The number of benzene rings is 1. The van der Waals surface area contributed by atoms with E-state index in [-0.39, 0.29) is 12.2 Å². The first-order valence-electron chi connectivity index (χ1n) is 3.77. The Morgan fingerprint density at radius 2 is 2.15 bits per heavy atom. The summed E-state index contributed by atoms with van der Waals surface area (Å²) in [4.78, 5) is 11.0. The van der Waals surface area contributed by atoms with Crippen molar-refractivity contribution in [3.63, 3.8) is 0 Å². The van der Waals surface area contributed by atoms with Crippen molar-refractivity contribution in [1.29, 1.82) is 0 Å². The SMILES string of the molecule is CCOC(=O)c1cc(F)ccc1F. The van der Waals surface area contributed by atoms with Gasteiger partial charge < -0.3 is 4.74 Å². The molecule has 0 saturated heterocycles. The zero-order valence-electron chi connectivity index (χ0n) is 7.01. The second-order valence-electron chi connectivity index (χ2n) is 2.34. The second kappa shape index (κ2) is 3.98. The Hall–Kier alpha value is -1.45. The van der Waals surface area contributed by atoms with Gasteiger partial charge in [0.1, 0.15) is 11.6 Å². The number of rotatable bonds is 2. The van der Waals surface area contributed by atoms with E-state index in [9.17, 15) is 13.6 Å². The summed E-state index contributed by atoms with van der Waals surface area (Å²) in [6.45, 7) is 1.73. The molecule has 0 aliphatic rings. The topological polar surface area (TPSA) is 26.3 Å². The van der Waals surface area contributed by atoms with Gasteiger partial charge in [-0.1, -0.05) is 0 Å². The highest BCUT2D eigenvalue weighted by molar-refractivity contribution is 5.89. The zero-order valence-corrected chi connectivity index (χ0v) is 7.01. The van der Waals surface area contributed by atoms with Crippen LogP contribution in [0.3, 0.4) is 0 Å². The van der Waals surface area contributed by atoms with Crippen LogP contribution in [-0.4, -0.2) is 12.6 Å². The van der Waals surface area contributed by atoms with Crippen molar-refractivity contribution in [1.82, 2.24) is 0 Å². The molecule has 0 aliphatic carbocycles. The van der Waals surface area contributed by atoms with Crippen molar-refractivity contribution in [2.75, 3.05) is 6.61 Å². The Morgan fingerprint density at radius 3 is 2.77 bits per heavy atom. The van der Waals surface area contributed by atoms with Crippen LogP contribution in [0.2, 0.25) is 0 Å². The van der Waals surface area contributed by atoms with Crippen molar-refractivity contribution in [3.05, 3.63) is 35.4 Å². The van der Waals surface area contributed by atoms with E-state index in [4.69, 9.17) is 0 Å². The number of hydrogen-bond donors (Lipinski definition) is 0. The molecular weight excluding hydrogens is 178 g/mol. The molecule has 0 amide bonds. The third-order valence-corrected chi connectivity index (χ3v) is 1.42. The lowest BCUT2D eigenvalue weighted by Crippen LogP contribution is -2.07. The Balaban J connectivity index is 2.99. The molecule has 13 heavy (non-hydrogen) atoms. The van der Waals surface area contributed by atoms with Crippen LogP contribution in [0.1, 0.15) is 17.3 Å². The minimum atomic E-state index is -0.848. The van der Waals surface area contributed by atoms with E-state index in [1.807, 2.05) is 0 Å². The fraction of sp³-hybridized carbons (Fsp3) is 0.222. The maximum atomic E-state index is 12.9. The van der Waals surface area contributed by atoms with Gasteiger partial charge in [0, 0.05) is 0 Å². The summed E-state index contributed by atoms with van der Waals surface area (Å²) >= 11 is 0. The van der Waals surface area contributed by atoms with Crippen molar-refractivity contribution in [2.45, 2.75) is 6.92 Å². The van der Waals surface area contributed by atoms with Gasteiger partial charge in [-0.15, -0.1) is 0 Å². The molecule has 0 aromatic heterocycles. The Labute approximate surface area is 74.1 Å². The normalized spacial score (nSPS) is 9.77. The predicted octanol–water partition coefficient (Wildman–Crippen LogP) is 2.14. The van der Waals surface area contributed by atoms with Crippen LogP contribution in [-0.2, 0) is 4.74 Å². The van der Waals surface area contributed by atoms with E-state index in [0.717, 1.165) is 18.2 Å². The lowest BCUT2D eigenvalue weighted by molar-refractivity contribution is 0.0520. The quantitative estimate of drug-likeness (QED) is 0.661. The third-order valence-electron chi connectivity index (χ3n) is 1.42. The molecule has 0 radical (unpaired) electrons. The summed E-state index contributed by atoms with van der Waals surface area (Å²) in [7, 11) is 0. The molecule has 0 fully saturated rings. The molecule has 0 bridgehead atoms. The monoisotopic (exact) mass is 186 g/mol. The van der Waals surface area contributed by atoms with Gasteiger partial charge in [0.05, 0.1) is 12.2 Å². The molecule has 2 nitrogen and oxygen atoms in total. The van der Waals surface area contributed by atoms with E-state index in [1.54, 1.807) is 6.92 Å². The Kier molecular flexibility index (Phi) is 2.95. The molecule has 0 unspecified atom stereocenters. The summed E-state index contributed by atoms with van der Waals surface area (Å²) in [6.07, 6.45) is 0. The molecule has 70 valence electrons. The van der Waals surface area contributed by atoms with Crippen LogP contribution in [0.15, 0.2) is 18.2 Å². The van der Waals surface area contributed by atoms with Crippen LogP contribution in [0.25, 0.3) is 0 Å².